The van der Waals surface area contributed by atoms with E-state index in [1.54, 1.807) is 11.3 Å². The summed E-state index contributed by atoms with van der Waals surface area (Å²) in [5, 5.41) is 3.02. The molecule has 0 amide bonds. The Balaban J connectivity index is 0.000001000. The Bertz CT molecular complexity index is 753. The Morgan fingerprint density at radius 3 is 3.06 bits per heavy atom. The van der Waals surface area contributed by atoms with E-state index < -0.39 is 0 Å². The van der Waals surface area contributed by atoms with Crippen LogP contribution in [0.3, 0.4) is 0 Å². The molecule has 1 aromatic heterocycles. The van der Waals surface area contributed by atoms with Crippen molar-refractivity contribution in [3.05, 3.63) is 29.3 Å². The van der Waals surface area contributed by atoms with Crippen molar-refractivity contribution in [1.29, 1.82) is 0 Å². The van der Waals surface area contributed by atoms with E-state index in [0.717, 1.165) is 37.5 Å². The van der Waals surface area contributed by atoms with Crippen LogP contribution in [-0.2, 0) is 20.1 Å². The van der Waals surface area contributed by atoms with Gasteiger partial charge in [0.25, 0.3) is 0 Å². The quantitative estimate of drug-likeness (QED) is 0.509. The van der Waals surface area contributed by atoms with Gasteiger partial charge in [-0.2, -0.15) is 0 Å². The van der Waals surface area contributed by atoms with Crippen LogP contribution in [0.4, 0.5) is 0 Å². The smallest absolute Gasteiger partial charge is 0.227 e. The molecule has 3 nitrogen and oxygen atoms in total. The zero-order valence-electron chi connectivity index (χ0n) is 9.44. The van der Waals surface area contributed by atoms with Crippen LogP contribution in [-0.4, -0.2) is 11.8 Å². The number of aromatic nitrogens is 1. The monoisotopic (exact) mass is 435 g/mol. The second kappa shape index (κ2) is 4.19. The molecule has 4 rings (SSSR count). The summed E-state index contributed by atoms with van der Waals surface area (Å²) < 4.78 is 12.2. The number of benzene rings is 2. The standard InChI is InChI=1S/C13H8NO2S.Ir/c1-7-14-13-8-3-2-4-9-12(8)10(16-6-15-9)5-11(13)17-7;/h2,4-5H,6H2,1H3;/q-1;. The van der Waals surface area contributed by atoms with E-state index in [1.165, 1.54) is 0 Å². The van der Waals surface area contributed by atoms with Crippen LogP contribution in [0.5, 0.6) is 11.5 Å². The van der Waals surface area contributed by atoms with E-state index >= 15 is 0 Å². The summed E-state index contributed by atoms with van der Waals surface area (Å²) in [6.07, 6.45) is 0. The van der Waals surface area contributed by atoms with Crippen molar-refractivity contribution < 1.29 is 29.6 Å². The third kappa shape index (κ3) is 1.55. The predicted octanol–water partition coefficient (Wildman–Crippen LogP) is 3.28. The molecule has 3 aromatic rings. The number of ether oxygens (including phenoxy) is 2. The van der Waals surface area contributed by atoms with Crippen molar-refractivity contribution in [2.45, 2.75) is 6.92 Å². The Morgan fingerprint density at radius 2 is 2.17 bits per heavy atom. The van der Waals surface area contributed by atoms with Gasteiger partial charge in [0.2, 0.25) is 6.79 Å². The topological polar surface area (TPSA) is 31.4 Å². The summed E-state index contributed by atoms with van der Waals surface area (Å²) in [7, 11) is 0. The fraction of sp³-hybridized carbons (Fsp3) is 0.154. The molecular weight excluding hydrogens is 426 g/mol. The molecule has 18 heavy (non-hydrogen) atoms. The van der Waals surface area contributed by atoms with Crippen LogP contribution >= 0.6 is 11.3 Å². The number of fused-ring (bicyclic) bond motifs is 2. The first-order valence-corrected chi connectivity index (χ1v) is 6.15. The summed E-state index contributed by atoms with van der Waals surface area (Å²) >= 11 is 1.67. The molecule has 1 aliphatic heterocycles. The summed E-state index contributed by atoms with van der Waals surface area (Å²) in [5.41, 5.74) is 0.988. The van der Waals surface area contributed by atoms with E-state index in [2.05, 4.69) is 11.1 Å². The molecule has 5 heteroatoms. The summed E-state index contributed by atoms with van der Waals surface area (Å²) in [5.74, 6) is 1.72. The van der Waals surface area contributed by atoms with Gasteiger partial charge in [-0.25, -0.2) is 0 Å². The molecule has 0 atom stereocenters. The minimum atomic E-state index is 0. The Hall–Kier alpha value is -1.16. The Morgan fingerprint density at radius 1 is 1.33 bits per heavy atom. The zero-order valence-corrected chi connectivity index (χ0v) is 12.7. The van der Waals surface area contributed by atoms with Crippen molar-refractivity contribution in [3.8, 4) is 11.5 Å². The van der Waals surface area contributed by atoms with Gasteiger partial charge in [-0.05, 0) is 18.4 Å². The second-order valence-electron chi connectivity index (χ2n) is 3.95. The molecule has 2 heterocycles. The number of nitrogens with zero attached hydrogens (tertiary/aromatic N) is 1. The molecule has 0 fully saturated rings. The number of hydrogen-bond acceptors (Lipinski definition) is 4. The Kier molecular flexibility index (Phi) is 2.77. The average Bonchev–Trinajstić information content (AvgIpc) is 2.70. The molecule has 0 saturated carbocycles. The Labute approximate surface area is 121 Å². The fourth-order valence-corrected chi connectivity index (χ4v) is 3.08. The first kappa shape index (κ1) is 11.9. The molecule has 1 aliphatic rings. The van der Waals surface area contributed by atoms with E-state index in [9.17, 15) is 0 Å². The van der Waals surface area contributed by atoms with E-state index in [4.69, 9.17) is 9.47 Å². The van der Waals surface area contributed by atoms with Gasteiger partial charge in [-0.15, -0.1) is 34.9 Å². The van der Waals surface area contributed by atoms with Crippen molar-refractivity contribution >= 4 is 32.3 Å². The van der Waals surface area contributed by atoms with Gasteiger partial charge in [0, 0.05) is 30.3 Å². The van der Waals surface area contributed by atoms with Crippen LogP contribution in [0.15, 0.2) is 18.2 Å². The summed E-state index contributed by atoms with van der Waals surface area (Å²) in [6.45, 7) is 2.28. The van der Waals surface area contributed by atoms with Gasteiger partial charge >= 0.3 is 0 Å². The number of hydrogen-bond donors (Lipinski definition) is 0. The molecule has 0 bridgehead atoms. The molecule has 0 spiro atoms. The average molecular weight is 434 g/mol. The predicted molar refractivity (Wildman–Crippen MR) is 66.8 cm³/mol. The molecule has 0 unspecified atom stereocenters. The number of aryl methyl sites for hydroxylation is 1. The third-order valence-corrected chi connectivity index (χ3v) is 3.81. The molecule has 1 radical (unpaired) electrons. The summed E-state index contributed by atoms with van der Waals surface area (Å²) in [6, 6.07) is 9.08. The zero-order chi connectivity index (χ0) is 11.4. The molecule has 0 saturated heterocycles. The minimum Gasteiger partial charge on any atom is -0.476 e. The maximum atomic E-state index is 5.55. The van der Waals surface area contributed by atoms with Crippen LogP contribution in [0.2, 0.25) is 0 Å². The SMILES string of the molecule is Cc1nc2c(cc3c4c(cc[c-]c42)OCO3)s1.[Ir]. The first-order valence-electron chi connectivity index (χ1n) is 5.33. The van der Waals surface area contributed by atoms with Crippen LogP contribution in [0.25, 0.3) is 21.0 Å². The van der Waals surface area contributed by atoms with Crippen LogP contribution in [0, 0.1) is 13.0 Å². The van der Waals surface area contributed by atoms with Crippen molar-refractivity contribution in [2.75, 3.05) is 6.79 Å². The van der Waals surface area contributed by atoms with Crippen molar-refractivity contribution in [3.63, 3.8) is 0 Å². The van der Waals surface area contributed by atoms with Gasteiger partial charge in [-0.1, -0.05) is 0 Å². The normalized spacial score (nSPS) is 12.9. The van der Waals surface area contributed by atoms with E-state index in [-0.39, 0.29) is 26.9 Å². The largest absolute Gasteiger partial charge is 0.476 e. The van der Waals surface area contributed by atoms with E-state index in [1.807, 2.05) is 25.1 Å². The number of rotatable bonds is 0. The van der Waals surface area contributed by atoms with Crippen molar-refractivity contribution in [2.24, 2.45) is 0 Å². The second-order valence-corrected chi connectivity index (χ2v) is 5.19. The maximum Gasteiger partial charge on any atom is 0.227 e. The number of thiazole rings is 1. The van der Waals surface area contributed by atoms with Gasteiger partial charge in [0.1, 0.15) is 0 Å². The molecular formula is C13H8IrNO2S-. The van der Waals surface area contributed by atoms with Crippen LogP contribution < -0.4 is 9.47 Å². The first-order chi connectivity index (χ1) is 8.33. The van der Waals surface area contributed by atoms with Gasteiger partial charge < -0.3 is 9.47 Å². The maximum absolute atomic E-state index is 5.55. The molecule has 0 N–H and O–H groups in total. The minimum absolute atomic E-state index is 0. The van der Waals surface area contributed by atoms with Crippen molar-refractivity contribution in [1.82, 2.24) is 4.98 Å². The van der Waals surface area contributed by atoms with E-state index in [0.29, 0.717) is 0 Å². The van der Waals surface area contributed by atoms with Gasteiger partial charge in [0.05, 0.1) is 16.5 Å². The van der Waals surface area contributed by atoms with Crippen LogP contribution in [0.1, 0.15) is 5.01 Å². The molecule has 93 valence electrons. The third-order valence-electron chi connectivity index (χ3n) is 2.89. The summed E-state index contributed by atoms with van der Waals surface area (Å²) in [4.78, 5) is 4.56. The van der Waals surface area contributed by atoms with Gasteiger partial charge in [-0.3, -0.25) is 4.98 Å². The molecule has 2 aromatic carbocycles. The van der Waals surface area contributed by atoms with Gasteiger partial charge in [0.15, 0.2) is 0 Å². The molecule has 0 aliphatic carbocycles. The fourth-order valence-electron chi connectivity index (χ4n) is 2.21.